The Hall–Kier alpha value is -1.26. The molecule has 0 aliphatic carbocycles. The number of urea groups is 1. The lowest BCUT2D eigenvalue weighted by Gasteiger charge is -2.15. The smallest absolute Gasteiger partial charge is 0.323 e. The first-order valence-electron chi connectivity index (χ1n) is 4.68. The number of hydrogen-bond acceptors (Lipinski definition) is 2. The van der Waals surface area contributed by atoms with Crippen molar-refractivity contribution in [2.45, 2.75) is 33.2 Å². The monoisotopic (exact) mass is 202 g/mol. The van der Waals surface area contributed by atoms with Gasteiger partial charge in [-0.25, -0.2) is 4.79 Å². The Bertz CT molecular complexity index is 204. The third kappa shape index (κ3) is 7.39. The molecular weight excluding hydrogens is 184 g/mol. The third-order valence-corrected chi connectivity index (χ3v) is 1.60. The summed E-state index contributed by atoms with van der Waals surface area (Å²) in [7, 11) is 0. The average molecular weight is 202 g/mol. The molecular formula is C9H18N2O3. The second kappa shape index (κ2) is 6.23. The quantitative estimate of drug-likeness (QED) is 0.617. The Labute approximate surface area is 83.9 Å². The SMILES string of the molecule is CC(C)CC(C)NC(=O)NCC(=O)O. The Balaban J connectivity index is 3.65. The predicted octanol–water partition coefficient (Wildman–Crippen LogP) is 0.805. The van der Waals surface area contributed by atoms with E-state index >= 15 is 0 Å². The van der Waals surface area contributed by atoms with Crippen LogP contribution in [0.1, 0.15) is 27.2 Å². The van der Waals surface area contributed by atoms with Crippen LogP contribution in [0, 0.1) is 5.92 Å². The molecule has 5 heteroatoms. The summed E-state index contributed by atoms with van der Waals surface area (Å²) in [5.41, 5.74) is 0. The van der Waals surface area contributed by atoms with Crippen molar-refractivity contribution in [3.8, 4) is 0 Å². The van der Waals surface area contributed by atoms with E-state index in [9.17, 15) is 9.59 Å². The fraction of sp³-hybridized carbons (Fsp3) is 0.778. The molecule has 0 radical (unpaired) electrons. The van der Waals surface area contributed by atoms with Crippen LogP contribution in [0.15, 0.2) is 0 Å². The summed E-state index contributed by atoms with van der Waals surface area (Å²) in [6.45, 7) is 5.67. The number of amides is 2. The van der Waals surface area contributed by atoms with Crippen molar-refractivity contribution in [2.24, 2.45) is 5.92 Å². The summed E-state index contributed by atoms with van der Waals surface area (Å²) >= 11 is 0. The van der Waals surface area contributed by atoms with E-state index in [0.717, 1.165) is 6.42 Å². The zero-order chi connectivity index (χ0) is 11.1. The van der Waals surface area contributed by atoms with E-state index in [0.29, 0.717) is 5.92 Å². The topological polar surface area (TPSA) is 78.4 Å². The Morgan fingerprint density at radius 2 is 1.86 bits per heavy atom. The molecule has 82 valence electrons. The largest absolute Gasteiger partial charge is 0.480 e. The van der Waals surface area contributed by atoms with E-state index < -0.39 is 12.0 Å². The zero-order valence-electron chi connectivity index (χ0n) is 8.83. The standard InChI is InChI=1S/C9H18N2O3/c1-6(2)4-7(3)11-9(14)10-5-8(12)13/h6-7H,4-5H2,1-3H3,(H,12,13)(H2,10,11,14). The lowest BCUT2D eigenvalue weighted by Crippen LogP contribution is -2.43. The molecule has 14 heavy (non-hydrogen) atoms. The number of carbonyl (C=O) groups is 2. The van der Waals surface area contributed by atoms with Crippen molar-refractivity contribution in [3.63, 3.8) is 0 Å². The second-order valence-corrected chi connectivity index (χ2v) is 3.75. The highest BCUT2D eigenvalue weighted by Crippen LogP contribution is 2.03. The van der Waals surface area contributed by atoms with Crippen molar-refractivity contribution in [2.75, 3.05) is 6.54 Å². The van der Waals surface area contributed by atoms with Gasteiger partial charge in [0, 0.05) is 6.04 Å². The highest BCUT2D eigenvalue weighted by Gasteiger charge is 2.09. The Kier molecular flexibility index (Phi) is 5.67. The van der Waals surface area contributed by atoms with Gasteiger partial charge in [-0.1, -0.05) is 13.8 Å². The van der Waals surface area contributed by atoms with Crippen molar-refractivity contribution in [1.82, 2.24) is 10.6 Å². The first kappa shape index (κ1) is 12.7. The summed E-state index contributed by atoms with van der Waals surface area (Å²) in [5.74, 6) is -0.540. The Morgan fingerprint density at radius 1 is 1.29 bits per heavy atom. The minimum Gasteiger partial charge on any atom is -0.480 e. The predicted molar refractivity (Wildman–Crippen MR) is 53.1 cm³/mol. The maximum absolute atomic E-state index is 11.1. The molecule has 0 fully saturated rings. The van der Waals surface area contributed by atoms with Gasteiger partial charge in [0.05, 0.1) is 0 Å². The molecule has 0 aromatic carbocycles. The van der Waals surface area contributed by atoms with E-state index in [2.05, 4.69) is 24.5 Å². The molecule has 0 aromatic heterocycles. The van der Waals surface area contributed by atoms with Gasteiger partial charge in [0.1, 0.15) is 6.54 Å². The molecule has 5 nitrogen and oxygen atoms in total. The summed E-state index contributed by atoms with van der Waals surface area (Å²) in [5, 5.41) is 13.2. The second-order valence-electron chi connectivity index (χ2n) is 3.75. The van der Waals surface area contributed by atoms with Crippen LogP contribution in [0.3, 0.4) is 0 Å². The van der Waals surface area contributed by atoms with E-state index in [1.165, 1.54) is 0 Å². The summed E-state index contributed by atoms with van der Waals surface area (Å²) in [6, 6.07) is -0.371. The first-order valence-corrected chi connectivity index (χ1v) is 4.68. The van der Waals surface area contributed by atoms with Gasteiger partial charge in [0.25, 0.3) is 0 Å². The van der Waals surface area contributed by atoms with Crippen LogP contribution in [0.2, 0.25) is 0 Å². The van der Waals surface area contributed by atoms with Gasteiger partial charge in [-0.15, -0.1) is 0 Å². The molecule has 0 aromatic rings. The molecule has 0 aliphatic rings. The van der Waals surface area contributed by atoms with Gasteiger partial charge in [-0.05, 0) is 19.3 Å². The molecule has 2 amide bonds. The van der Waals surface area contributed by atoms with Crippen LogP contribution in [-0.4, -0.2) is 29.7 Å². The van der Waals surface area contributed by atoms with Crippen LogP contribution in [-0.2, 0) is 4.79 Å². The van der Waals surface area contributed by atoms with Gasteiger partial charge >= 0.3 is 12.0 Å². The van der Waals surface area contributed by atoms with Gasteiger partial charge in [-0.3, -0.25) is 4.79 Å². The number of nitrogens with one attached hydrogen (secondary N) is 2. The van der Waals surface area contributed by atoms with Gasteiger partial charge in [0.2, 0.25) is 0 Å². The number of rotatable bonds is 5. The number of aliphatic carboxylic acids is 1. The number of carboxylic acids is 1. The average Bonchev–Trinajstić information content (AvgIpc) is 1.98. The van der Waals surface area contributed by atoms with Gasteiger partial charge in [-0.2, -0.15) is 0 Å². The highest BCUT2D eigenvalue weighted by atomic mass is 16.4. The van der Waals surface area contributed by atoms with Crippen LogP contribution < -0.4 is 10.6 Å². The first-order chi connectivity index (χ1) is 6.41. The summed E-state index contributed by atoms with van der Waals surface area (Å²) in [4.78, 5) is 21.2. The lowest BCUT2D eigenvalue weighted by molar-refractivity contribution is -0.135. The fourth-order valence-electron chi connectivity index (χ4n) is 1.20. The molecule has 1 atom stereocenters. The Morgan fingerprint density at radius 3 is 2.29 bits per heavy atom. The minimum absolute atomic E-state index is 0.0591. The van der Waals surface area contributed by atoms with E-state index in [1.54, 1.807) is 0 Å². The molecule has 0 saturated heterocycles. The van der Waals surface area contributed by atoms with Crippen molar-refractivity contribution >= 4 is 12.0 Å². The highest BCUT2D eigenvalue weighted by molar-refractivity contribution is 5.79. The molecule has 0 rings (SSSR count). The zero-order valence-corrected chi connectivity index (χ0v) is 8.83. The summed E-state index contributed by atoms with van der Waals surface area (Å²) < 4.78 is 0. The number of carboxylic acid groups (broad SMARTS) is 1. The number of hydrogen-bond donors (Lipinski definition) is 3. The number of carbonyl (C=O) groups excluding carboxylic acids is 1. The van der Waals surface area contributed by atoms with Crippen LogP contribution >= 0.6 is 0 Å². The van der Waals surface area contributed by atoms with Crippen molar-refractivity contribution in [3.05, 3.63) is 0 Å². The third-order valence-electron chi connectivity index (χ3n) is 1.60. The summed E-state index contributed by atoms with van der Waals surface area (Å²) in [6.07, 6.45) is 0.875. The van der Waals surface area contributed by atoms with Crippen molar-refractivity contribution in [1.29, 1.82) is 0 Å². The minimum atomic E-state index is -1.04. The molecule has 0 heterocycles. The van der Waals surface area contributed by atoms with Crippen LogP contribution in [0.5, 0.6) is 0 Å². The molecule has 3 N–H and O–H groups in total. The molecule has 0 aliphatic heterocycles. The fourth-order valence-corrected chi connectivity index (χ4v) is 1.20. The van der Waals surface area contributed by atoms with E-state index in [1.807, 2.05) is 6.92 Å². The van der Waals surface area contributed by atoms with Crippen molar-refractivity contribution < 1.29 is 14.7 Å². The van der Waals surface area contributed by atoms with Gasteiger partial charge < -0.3 is 15.7 Å². The lowest BCUT2D eigenvalue weighted by atomic mass is 10.1. The normalized spacial score (nSPS) is 12.3. The maximum Gasteiger partial charge on any atom is 0.323 e. The van der Waals surface area contributed by atoms with E-state index in [-0.39, 0.29) is 12.6 Å². The molecule has 1 unspecified atom stereocenters. The maximum atomic E-state index is 11.1. The van der Waals surface area contributed by atoms with Crippen LogP contribution in [0.25, 0.3) is 0 Å². The van der Waals surface area contributed by atoms with E-state index in [4.69, 9.17) is 5.11 Å². The molecule has 0 spiro atoms. The van der Waals surface area contributed by atoms with Gasteiger partial charge in [0.15, 0.2) is 0 Å². The molecule has 0 saturated carbocycles. The molecule has 0 bridgehead atoms. The van der Waals surface area contributed by atoms with Crippen LogP contribution in [0.4, 0.5) is 4.79 Å².